The Hall–Kier alpha value is -1.69. The minimum atomic E-state index is -0.235. The summed E-state index contributed by atoms with van der Waals surface area (Å²) in [7, 11) is 0. The molecular weight excluding hydrogens is 230 g/mol. The van der Waals surface area contributed by atoms with E-state index in [4.69, 9.17) is 11.6 Å². The second kappa shape index (κ2) is 6.30. The number of amides is 1. The third-order valence-corrected chi connectivity index (χ3v) is 2.71. The number of hydrogen-bond acceptors (Lipinski definition) is 5. The van der Waals surface area contributed by atoms with E-state index in [9.17, 15) is 4.79 Å². The van der Waals surface area contributed by atoms with Gasteiger partial charge in [-0.15, -0.1) is 0 Å². The van der Waals surface area contributed by atoms with Crippen molar-refractivity contribution in [3.8, 4) is 0 Å². The number of primary amides is 1. The van der Waals surface area contributed by atoms with Crippen molar-refractivity contribution in [2.45, 2.75) is 45.1 Å². The van der Waals surface area contributed by atoms with Crippen LogP contribution in [0.4, 0.5) is 0 Å². The highest BCUT2D eigenvalue weighted by Gasteiger charge is 2.18. The van der Waals surface area contributed by atoms with Gasteiger partial charge in [0.2, 0.25) is 5.91 Å². The predicted molar refractivity (Wildman–Crippen MR) is 71.3 cm³/mol. The minimum absolute atomic E-state index is 0.0670. The van der Waals surface area contributed by atoms with Gasteiger partial charge in [0.05, 0.1) is 6.20 Å². The Morgan fingerprint density at radius 1 is 1.50 bits per heavy atom. The molecule has 0 radical (unpaired) electrons. The summed E-state index contributed by atoms with van der Waals surface area (Å²) in [5.41, 5.74) is 5.04. The molecule has 0 fully saturated rings. The lowest BCUT2D eigenvalue weighted by molar-refractivity contribution is -0.118. The molecule has 0 saturated heterocycles. The van der Waals surface area contributed by atoms with Crippen molar-refractivity contribution >= 4 is 5.91 Å². The smallest absolute Gasteiger partial charge is 0.217 e. The van der Waals surface area contributed by atoms with Gasteiger partial charge in [-0.1, -0.05) is 6.42 Å². The van der Waals surface area contributed by atoms with E-state index in [1.165, 1.54) is 5.01 Å². The van der Waals surface area contributed by atoms with Crippen LogP contribution in [0.2, 0.25) is 0 Å². The maximum absolute atomic E-state index is 10.6. The topological polar surface area (TPSA) is 96.4 Å². The van der Waals surface area contributed by atoms with Crippen molar-refractivity contribution in [2.24, 2.45) is 11.6 Å². The SMILES string of the molecule is CC(C)(CCCCC(N)=O)NC1=CN(N)C=CN1. The average molecular weight is 253 g/mol. The van der Waals surface area contributed by atoms with Gasteiger partial charge in [-0.05, 0) is 26.7 Å². The van der Waals surface area contributed by atoms with Gasteiger partial charge in [0.25, 0.3) is 0 Å². The first-order valence-electron chi connectivity index (χ1n) is 6.14. The van der Waals surface area contributed by atoms with Crippen LogP contribution in [0.25, 0.3) is 0 Å². The zero-order valence-electron chi connectivity index (χ0n) is 11.1. The van der Waals surface area contributed by atoms with E-state index in [0.29, 0.717) is 6.42 Å². The molecule has 18 heavy (non-hydrogen) atoms. The van der Waals surface area contributed by atoms with Crippen LogP contribution in [-0.4, -0.2) is 16.5 Å². The van der Waals surface area contributed by atoms with Crippen LogP contribution < -0.4 is 22.2 Å². The third-order valence-electron chi connectivity index (χ3n) is 2.71. The second-order valence-electron chi connectivity index (χ2n) is 5.13. The fourth-order valence-electron chi connectivity index (χ4n) is 1.80. The highest BCUT2D eigenvalue weighted by molar-refractivity contribution is 5.73. The molecule has 1 aliphatic rings. The Kier molecular flexibility index (Phi) is 5.03. The number of hydrogen-bond donors (Lipinski definition) is 4. The van der Waals surface area contributed by atoms with E-state index in [0.717, 1.165) is 25.1 Å². The van der Waals surface area contributed by atoms with Gasteiger partial charge < -0.3 is 16.4 Å². The summed E-state index contributed by atoms with van der Waals surface area (Å²) in [6.45, 7) is 4.22. The van der Waals surface area contributed by atoms with Crippen molar-refractivity contribution < 1.29 is 4.79 Å². The maximum Gasteiger partial charge on any atom is 0.217 e. The fourth-order valence-corrected chi connectivity index (χ4v) is 1.80. The molecule has 0 spiro atoms. The van der Waals surface area contributed by atoms with Gasteiger partial charge in [0, 0.05) is 24.4 Å². The summed E-state index contributed by atoms with van der Waals surface area (Å²) < 4.78 is 0. The lowest BCUT2D eigenvalue weighted by atomic mass is 9.96. The molecule has 102 valence electrons. The molecule has 0 aromatic heterocycles. The molecule has 1 heterocycles. The number of hydrazine groups is 1. The zero-order chi connectivity index (χ0) is 13.6. The summed E-state index contributed by atoms with van der Waals surface area (Å²) in [6.07, 6.45) is 8.47. The number of nitrogens with two attached hydrogens (primary N) is 2. The summed E-state index contributed by atoms with van der Waals surface area (Å²) in [5, 5.41) is 7.95. The standard InChI is InChI=1S/C12H23N5O/c1-12(2,6-4-3-5-10(13)18)16-11-9-17(14)8-7-15-11/h7-9,15-16H,3-6,14H2,1-2H3,(H2,13,18). The third kappa shape index (κ3) is 5.58. The van der Waals surface area contributed by atoms with Crippen molar-refractivity contribution in [3.05, 3.63) is 24.4 Å². The van der Waals surface area contributed by atoms with E-state index in [1.807, 2.05) is 0 Å². The van der Waals surface area contributed by atoms with Crippen LogP contribution in [0.1, 0.15) is 39.5 Å². The molecular formula is C12H23N5O. The average Bonchev–Trinajstić information content (AvgIpc) is 2.23. The van der Waals surface area contributed by atoms with Crippen molar-refractivity contribution in [1.82, 2.24) is 15.6 Å². The Balaban J connectivity index is 2.32. The van der Waals surface area contributed by atoms with Gasteiger partial charge in [-0.2, -0.15) is 0 Å². The van der Waals surface area contributed by atoms with Crippen LogP contribution in [0.3, 0.4) is 0 Å². The van der Waals surface area contributed by atoms with Gasteiger partial charge in [0.1, 0.15) is 5.82 Å². The lowest BCUT2D eigenvalue weighted by Gasteiger charge is -2.30. The second-order valence-corrected chi connectivity index (χ2v) is 5.13. The molecule has 0 aromatic rings. The molecule has 1 amide bonds. The lowest BCUT2D eigenvalue weighted by Crippen LogP contribution is -2.43. The summed E-state index contributed by atoms with van der Waals surface area (Å²) >= 11 is 0. The number of carbonyl (C=O) groups is 1. The first-order valence-corrected chi connectivity index (χ1v) is 6.14. The molecule has 1 aliphatic heterocycles. The fraction of sp³-hybridized carbons (Fsp3) is 0.583. The zero-order valence-corrected chi connectivity index (χ0v) is 11.1. The van der Waals surface area contributed by atoms with Crippen LogP contribution in [-0.2, 0) is 4.79 Å². The molecule has 6 nitrogen and oxygen atoms in total. The van der Waals surface area contributed by atoms with Crippen molar-refractivity contribution in [3.63, 3.8) is 0 Å². The predicted octanol–water partition coefficient (Wildman–Crippen LogP) is 0.449. The summed E-state index contributed by atoms with van der Waals surface area (Å²) in [6, 6.07) is 0. The Labute approximate surface area is 108 Å². The molecule has 6 heteroatoms. The molecule has 0 saturated carbocycles. The molecule has 0 bridgehead atoms. The number of nitrogens with zero attached hydrogens (tertiary/aromatic N) is 1. The monoisotopic (exact) mass is 253 g/mol. The number of rotatable bonds is 7. The van der Waals surface area contributed by atoms with E-state index in [-0.39, 0.29) is 11.4 Å². The maximum atomic E-state index is 10.6. The van der Waals surface area contributed by atoms with Crippen LogP contribution in [0.15, 0.2) is 24.4 Å². The van der Waals surface area contributed by atoms with Crippen LogP contribution >= 0.6 is 0 Å². The highest BCUT2D eigenvalue weighted by atomic mass is 16.1. The Morgan fingerprint density at radius 3 is 2.83 bits per heavy atom. The number of unbranched alkanes of at least 4 members (excludes halogenated alkanes) is 1. The van der Waals surface area contributed by atoms with Crippen molar-refractivity contribution in [2.75, 3.05) is 0 Å². The normalized spacial score (nSPS) is 15.1. The van der Waals surface area contributed by atoms with Crippen LogP contribution in [0, 0.1) is 0 Å². The molecule has 0 atom stereocenters. The van der Waals surface area contributed by atoms with E-state index < -0.39 is 0 Å². The Bertz CT molecular complexity index is 348. The largest absolute Gasteiger partial charge is 0.370 e. The Morgan fingerprint density at radius 2 is 2.22 bits per heavy atom. The van der Waals surface area contributed by atoms with E-state index in [2.05, 4.69) is 24.5 Å². The molecule has 6 N–H and O–H groups in total. The molecule has 0 aliphatic carbocycles. The van der Waals surface area contributed by atoms with E-state index in [1.54, 1.807) is 18.6 Å². The quantitative estimate of drug-likeness (QED) is 0.390. The summed E-state index contributed by atoms with van der Waals surface area (Å²) in [5.74, 6) is 6.26. The summed E-state index contributed by atoms with van der Waals surface area (Å²) in [4.78, 5) is 10.6. The van der Waals surface area contributed by atoms with Gasteiger partial charge >= 0.3 is 0 Å². The van der Waals surface area contributed by atoms with Crippen molar-refractivity contribution in [1.29, 1.82) is 0 Å². The minimum Gasteiger partial charge on any atom is -0.370 e. The first-order chi connectivity index (χ1) is 8.39. The van der Waals surface area contributed by atoms with Gasteiger partial charge in [-0.25, -0.2) is 5.84 Å². The number of carbonyl (C=O) groups excluding carboxylic acids is 1. The number of nitrogens with one attached hydrogen (secondary N) is 2. The highest BCUT2D eigenvalue weighted by Crippen LogP contribution is 2.15. The first kappa shape index (κ1) is 14.4. The molecule has 1 rings (SSSR count). The van der Waals surface area contributed by atoms with Gasteiger partial charge in [-0.3, -0.25) is 9.80 Å². The molecule has 0 unspecified atom stereocenters. The van der Waals surface area contributed by atoms with Crippen LogP contribution in [0.5, 0.6) is 0 Å². The molecule has 0 aromatic carbocycles. The van der Waals surface area contributed by atoms with Gasteiger partial charge in [0.15, 0.2) is 0 Å². The van der Waals surface area contributed by atoms with E-state index >= 15 is 0 Å².